The summed E-state index contributed by atoms with van der Waals surface area (Å²) in [6, 6.07) is 5.99. The normalized spacial score (nSPS) is 15.9. The summed E-state index contributed by atoms with van der Waals surface area (Å²) in [5.74, 6) is -1.30. The second kappa shape index (κ2) is 10.6. The van der Waals surface area contributed by atoms with Gasteiger partial charge >= 0.3 is 5.97 Å². The van der Waals surface area contributed by atoms with Gasteiger partial charge in [0.2, 0.25) is 11.8 Å². The predicted octanol–water partition coefficient (Wildman–Crippen LogP) is 2.43. The van der Waals surface area contributed by atoms with Gasteiger partial charge in [0.05, 0.1) is 36.9 Å². The Labute approximate surface area is 193 Å². The fourth-order valence-electron chi connectivity index (χ4n) is 4.10. The molecule has 0 bridgehead atoms. The lowest BCUT2D eigenvalue weighted by Gasteiger charge is -2.32. The van der Waals surface area contributed by atoms with Crippen molar-refractivity contribution in [2.24, 2.45) is 5.92 Å². The van der Waals surface area contributed by atoms with Crippen LogP contribution < -0.4 is 0 Å². The summed E-state index contributed by atoms with van der Waals surface area (Å²) in [5.41, 5.74) is 2.99. The molecular formula is C24H31FN4O4. The molecule has 1 atom stereocenters. The molecular weight excluding hydrogens is 427 g/mol. The van der Waals surface area contributed by atoms with E-state index in [1.807, 2.05) is 13.8 Å². The number of aromatic nitrogens is 2. The fraction of sp³-hybridized carbons (Fsp3) is 0.500. The SMILES string of the molecule is CCOC(=O)C1CCCN(C(=O)CN(C)C(=O)Cc2c(C)nn(-c3ccc(F)cc3)c2C)C1. The Morgan fingerprint density at radius 3 is 2.58 bits per heavy atom. The molecule has 0 saturated carbocycles. The number of benzene rings is 1. The number of halogens is 1. The number of ether oxygens (including phenoxy) is 1. The van der Waals surface area contributed by atoms with E-state index in [1.54, 1.807) is 35.7 Å². The van der Waals surface area contributed by atoms with E-state index in [2.05, 4.69) is 5.10 Å². The molecule has 178 valence electrons. The van der Waals surface area contributed by atoms with Gasteiger partial charge in [0.1, 0.15) is 5.82 Å². The number of aryl methyl sites for hydroxylation is 1. The lowest BCUT2D eigenvalue weighted by Crippen LogP contribution is -2.47. The van der Waals surface area contributed by atoms with E-state index in [1.165, 1.54) is 17.0 Å². The van der Waals surface area contributed by atoms with Crippen LogP contribution in [-0.4, -0.2) is 70.7 Å². The minimum Gasteiger partial charge on any atom is -0.466 e. The van der Waals surface area contributed by atoms with E-state index in [0.717, 1.165) is 17.7 Å². The van der Waals surface area contributed by atoms with Gasteiger partial charge in [-0.15, -0.1) is 0 Å². The zero-order valence-corrected chi connectivity index (χ0v) is 19.6. The molecule has 2 heterocycles. The molecule has 33 heavy (non-hydrogen) atoms. The van der Waals surface area contributed by atoms with Crippen molar-refractivity contribution in [3.05, 3.63) is 47.0 Å². The van der Waals surface area contributed by atoms with Crippen molar-refractivity contribution in [1.29, 1.82) is 0 Å². The van der Waals surface area contributed by atoms with Crippen molar-refractivity contribution in [2.75, 3.05) is 33.3 Å². The number of amides is 2. The Balaban J connectivity index is 1.62. The first-order valence-corrected chi connectivity index (χ1v) is 11.2. The summed E-state index contributed by atoms with van der Waals surface area (Å²) >= 11 is 0. The number of carbonyl (C=O) groups excluding carboxylic acids is 3. The highest BCUT2D eigenvalue weighted by Gasteiger charge is 2.30. The van der Waals surface area contributed by atoms with Crippen LogP contribution in [-0.2, 0) is 25.5 Å². The van der Waals surface area contributed by atoms with Gasteiger partial charge in [0.15, 0.2) is 0 Å². The third kappa shape index (κ3) is 5.77. The van der Waals surface area contributed by atoms with Crippen LogP contribution in [0, 0.1) is 25.6 Å². The van der Waals surface area contributed by atoms with Gasteiger partial charge < -0.3 is 14.5 Å². The monoisotopic (exact) mass is 458 g/mol. The number of likely N-dealkylation sites (N-methyl/N-ethyl adjacent to an activating group) is 1. The zero-order chi connectivity index (χ0) is 24.1. The lowest BCUT2D eigenvalue weighted by atomic mass is 9.98. The van der Waals surface area contributed by atoms with Crippen LogP contribution in [0.5, 0.6) is 0 Å². The van der Waals surface area contributed by atoms with Crippen molar-refractivity contribution in [2.45, 2.75) is 40.0 Å². The van der Waals surface area contributed by atoms with Crippen LogP contribution in [0.2, 0.25) is 0 Å². The second-order valence-electron chi connectivity index (χ2n) is 8.40. The van der Waals surface area contributed by atoms with Crippen molar-refractivity contribution in [3.63, 3.8) is 0 Å². The molecule has 1 saturated heterocycles. The number of nitrogens with zero attached hydrogens (tertiary/aromatic N) is 4. The third-order valence-electron chi connectivity index (χ3n) is 6.03. The third-order valence-corrected chi connectivity index (χ3v) is 6.03. The molecule has 0 aliphatic carbocycles. The molecule has 0 radical (unpaired) electrons. The first-order valence-electron chi connectivity index (χ1n) is 11.2. The summed E-state index contributed by atoms with van der Waals surface area (Å²) in [5, 5.41) is 4.50. The van der Waals surface area contributed by atoms with Gasteiger partial charge in [0, 0.05) is 31.4 Å². The molecule has 1 fully saturated rings. The maximum Gasteiger partial charge on any atom is 0.310 e. The molecule has 0 spiro atoms. The van der Waals surface area contributed by atoms with Crippen molar-refractivity contribution in [3.8, 4) is 5.69 Å². The van der Waals surface area contributed by atoms with Gasteiger partial charge in [-0.3, -0.25) is 14.4 Å². The predicted molar refractivity (Wildman–Crippen MR) is 120 cm³/mol. The van der Waals surface area contributed by atoms with Gasteiger partial charge in [-0.2, -0.15) is 5.10 Å². The molecule has 9 heteroatoms. The number of esters is 1. The molecule has 3 rings (SSSR count). The van der Waals surface area contributed by atoms with Crippen LogP contribution in [0.1, 0.15) is 36.7 Å². The Kier molecular flexibility index (Phi) is 7.84. The fourth-order valence-corrected chi connectivity index (χ4v) is 4.10. The highest BCUT2D eigenvalue weighted by Crippen LogP contribution is 2.20. The minimum absolute atomic E-state index is 0.0570. The van der Waals surface area contributed by atoms with Gasteiger partial charge in [-0.1, -0.05) is 0 Å². The highest BCUT2D eigenvalue weighted by atomic mass is 19.1. The molecule has 1 aliphatic heterocycles. The van der Waals surface area contributed by atoms with E-state index < -0.39 is 0 Å². The highest BCUT2D eigenvalue weighted by molar-refractivity contribution is 5.86. The van der Waals surface area contributed by atoms with Gasteiger partial charge in [-0.25, -0.2) is 9.07 Å². The van der Waals surface area contributed by atoms with Crippen molar-refractivity contribution >= 4 is 17.8 Å². The molecule has 2 aromatic rings. The standard InChI is InChI=1S/C24H31FN4O4/c1-5-33-24(32)18-7-6-12-28(14-18)23(31)15-27(4)22(30)13-21-16(2)26-29(17(21)3)20-10-8-19(25)9-11-20/h8-11,18H,5-7,12-15H2,1-4H3. The Morgan fingerprint density at radius 2 is 1.91 bits per heavy atom. The molecule has 8 nitrogen and oxygen atoms in total. The quantitative estimate of drug-likeness (QED) is 0.595. The van der Waals surface area contributed by atoms with Crippen LogP contribution in [0.15, 0.2) is 24.3 Å². The van der Waals surface area contributed by atoms with E-state index in [-0.39, 0.29) is 42.5 Å². The summed E-state index contributed by atoms with van der Waals surface area (Å²) < 4.78 is 20.0. The number of hydrogen-bond donors (Lipinski definition) is 0. The number of piperidine rings is 1. The van der Waals surface area contributed by atoms with Crippen LogP contribution in [0.25, 0.3) is 5.69 Å². The Bertz CT molecular complexity index is 1020. The molecule has 1 unspecified atom stereocenters. The molecule has 1 aromatic carbocycles. The lowest BCUT2D eigenvalue weighted by molar-refractivity contribution is -0.152. The largest absolute Gasteiger partial charge is 0.466 e. The average molecular weight is 459 g/mol. The average Bonchev–Trinajstić information content (AvgIpc) is 3.08. The molecule has 1 aliphatic rings. The first-order chi connectivity index (χ1) is 15.7. The first kappa shape index (κ1) is 24.4. The molecule has 1 aromatic heterocycles. The number of likely N-dealkylation sites (tertiary alicyclic amines) is 1. The summed E-state index contributed by atoms with van der Waals surface area (Å²) in [4.78, 5) is 40.7. The maximum absolute atomic E-state index is 13.2. The maximum atomic E-state index is 13.2. The summed E-state index contributed by atoms with van der Waals surface area (Å²) in [6.45, 7) is 6.60. The Morgan fingerprint density at radius 1 is 1.21 bits per heavy atom. The smallest absolute Gasteiger partial charge is 0.310 e. The zero-order valence-electron chi connectivity index (χ0n) is 19.6. The van der Waals surface area contributed by atoms with Crippen LogP contribution in [0.3, 0.4) is 0 Å². The second-order valence-corrected chi connectivity index (χ2v) is 8.40. The molecule has 2 amide bonds. The Hall–Kier alpha value is -3.23. The van der Waals surface area contributed by atoms with E-state index in [9.17, 15) is 18.8 Å². The van der Waals surface area contributed by atoms with Gasteiger partial charge in [0.25, 0.3) is 0 Å². The number of hydrogen-bond acceptors (Lipinski definition) is 5. The number of carbonyl (C=O) groups is 3. The molecule has 0 N–H and O–H groups in total. The van der Waals surface area contributed by atoms with Gasteiger partial charge in [-0.05, 0) is 57.9 Å². The van der Waals surface area contributed by atoms with E-state index >= 15 is 0 Å². The summed E-state index contributed by atoms with van der Waals surface area (Å²) in [7, 11) is 1.60. The van der Waals surface area contributed by atoms with E-state index in [4.69, 9.17) is 4.74 Å². The minimum atomic E-state index is -0.329. The number of rotatable bonds is 7. The van der Waals surface area contributed by atoms with Crippen LogP contribution in [0.4, 0.5) is 4.39 Å². The van der Waals surface area contributed by atoms with Crippen molar-refractivity contribution < 1.29 is 23.5 Å². The summed E-state index contributed by atoms with van der Waals surface area (Å²) in [6.07, 6.45) is 1.54. The van der Waals surface area contributed by atoms with Crippen LogP contribution >= 0.6 is 0 Å². The van der Waals surface area contributed by atoms with E-state index in [0.29, 0.717) is 37.5 Å². The van der Waals surface area contributed by atoms with Crippen molar-refractivity contribution in [1.82, 2.24) is 19.6 Å². The topological polar surface area (TPSA) is 84.7 Å².